The molecular formula is C15H20ClNO3S. The predicted octanol–water partition coefficient (Wildman–Crippen LogP) is 3.78. The molecule has 0 unspecified atom stereocenters. The molecule has 6 heteroatoms. The first-order chi connectivity index (χ1) is 9.86. The fourth-order valence-corrected chi connectivity index (χ4v) is 2.58. The average molecular weight is 330 g/mol. The number of hydrogen-bond donors (Lipinski definition) is 1. The van der Waals surface area contributed by atoms with Gasteiger partial charge in [-0.3, -0.25) is 9.59 Å². The van der Waals surface area contributed by atoms with Crippen molar-refractivity contribution >= 4 is 35.2 Å². The number of rotatable bonds is 7. The Morgan fingerprint density at radius 3 is 2.57 bits per heavy atom. The van der Waals surface area contributed by atoms with Gasteiger partial charge < -0.3 is 10.0 Å². The van der Waals surface area contributed by atoms with E-state index >= 15 is 0 Å². The maximum Gasteiger partial charge on any atom is 0.303 e. The minimum atomic E-state index is -0.853. The molecule has 21 heavy (non-hydrogen) atoms. The minimum Gasteiger partial charge on any atom is -0.481 e. The number of carbonyl (C=O) groups is 2. The first-order valence-corrected chi connectivity index (χ1v) is 8.33. The van der Waals surface area contributed by atoms with Gasteiger partial charge in [0.05, 0.1) is 10.6 Å². The van der Waals surface area contributed by atoms with E-state index in [1.54, 1.807) is 28.8 Å². The number of nitrogens with zero attached hydrogens (tertiary/aromatic N) is 1. The van der Waals surface area contributed by atoms with Crippen LogP contribution in [0.15, 0.2) is 23.1 Å². The van der Waals surface area contributed by atoms with Crippen molar-refractivity contribution in [1.82, 2.24) is 4.90 Å². The van der Waals surface area contributed by atoms with Gasteiger partial charge in [0.15, 0.2) is 0 Å². The Balaban J connectivity index is 2.92. The van der Waals surface area contributed by atoms with Gasteiger partial charge in [0.1, 0.15) is 0 Å². The van der Waals surface area contributed by atoms with E-state index in [-0.39, 0.29) is 18.4 Å². The van der Waals surface area contributed by atoms with Gasteiger partial charge in [0.25, 0.3) is 5.91 Å². The number of benzene rings is 1. The van der Waals surface area contributed by atoms with Crippen molar-refractivity contribution in [2.45, 2.75) is 37.6 Å². The second-order valence-electron chi connectivity index (χ2n) is 4.94. The lowest BCUT2D eigenvalue weighted by molar-refractivity contribution is -0.137. The summed E-state index contributed by atoms with van der Waals surface area (Å²) in [6.45, 7) is 4.22. The third-order valence-electron chi connectivity index (χ3n) is 3.08. The number of halogens is 1. The predicted molar refractivity (Wildman–Crippen MR) is 86.3 cm³/mol. The maximum absolute atomic E-state index is 12.6. The van der Waals surface area contributed by atoms with Crippen LogP contribution in [0.25, 0.3) is 0 Å². The fraction of sp³-hybridized carbons (Fsp3) is 0.467. The van der Waals surface area contributed by atoms with Crippen LogP contribution in [-0.4, -0.2) is 40.7 Å². The van der Waals surface area contributed by atoms with E-state index in [9.17, 15) is 9.59 Å². The van der Waals surface area contributed by atoms with E-state index in [1.165, 1.54) is 0 Å². The molecule has 4 nitrogen and oxygen atoms in total. The van der Waals surface area contributed by atoms with Crippen molar-refractivity contribution in [3.05, 3.63) is 28.8 Å². The molecule has 1 aromatic carbocycles. The van der Waals surface area contributed by atoms with Crippen molar-refractivity contribution < 1.29 is 14.7 Å². The molecule has 0 aliphatic rings. The molecule has 1 rings (SSSR count). The summed E-state index contributed by atoms with van der Waals surface area (Å²) in [5.41, 5.74) is 0.465. The highest BCUT2D eigenvalue weighted by atomic mass is 35.5. The lowest BCUT2D eigenvalue weighted by Gasteiger charge is -2.27. The molecule has 1 aromatic rings. The van der Waals surface area contributed by atoms with E-state index < -0.39 is 5.97 Å². The minimum absolute atomic E-state index is 0.0136. The number of hydrogen-bond acceptors (Lipinski definition) is 3. The maximum atomic E-state index is 12.6. The Labute approximate surface area is 134 Å². The second kappa shape index (κ2) is 8.29. The van der Waals surface area contributed by atoms with Gasteiger partial charge in [0.2, 0.25) is 0 Å². The first kappa shape index (κ1) is 17.9. The van der Waals surface area contributed by atoms with Crippen LogP contribution in [0.1, 0.15) is 37.0 Å². The van der Waals surface area contributed by atoms with Gasteiger partial charge in [-0.1, -0.05) is 11.6 Å². The topological polar surface area (TPSA) is 57.6 Å². The molecule has 0 bridgehead atoms. The van der Waals surface area contributed by atoms with Crippen molar-refractivity contribution in [2.24, 2.45) is 0 Å². The van der Waals surface area contributed by atoms with Crippen LogP contribution in [0.5, 0.6) is 0 Å². The number of aliphatic carboxylic acids is 1. The Kier molecular flexibility index (Phi) is 7.05. The summed E-state index contributed by atoms with van der Waals surface area (Å²) < 4.78 is 0. The highest BCUT2D eigenvalue weighted by molar-refractivity contribution is 7.98. The zero-order valence-electron chi connectivity index (χ0n) is 12.4. The Morgan fingerprint density at radius 1 is 1.38 bits per heavy atom. The van der Waals surface area contributed by atoms with Gasteiger partial charge in [-0.15, -0.1) is 11.8 Å². The SMILES string of the molecule is CSc1ccc(Cl)c(C(=O)N(CCCC(=O)O)C(C)C)c1. The average Bonchev–Trinajstić information content (AvgIpc) is 2.42. The van der Waals surface area contributed by atoms with Crippen LogP contribution >= 0.6 is 23.4 Å². The summed E-state index contributed by atoms with van der Waals surface area (Å²) in [4.78, 5) is 25.9. The molecule has 0 saturated heterocycles. The number of thioether (sulfide) groups is 1. The molecule has 116 valence electrons. The van der Waals surface area contributed by atoms with Crippen LogP contribution in [0.3, 0.4) is 0 Å². The number of carboxylic acid groups (broad SMARTS) is 1. The standard InChI is InChI=1S/C15H20ClNO3S/c1-10(2)17(8-4-5-14(18)19)15(20)12-9-11(21-3)6-7-13(12)16/h6-7,9-10H,4-5,8H2,1-3H3,(H,18,19). The van der Waals surface area contributed by atoms with Gasteiger partial charge in [0, 0.05) is 23.9 Å². The second-order valence-corrected chi connectivity index (χ2v) is 6.22. The highest BCUT2D eigenvalue weighted by Gasteiger charge is 2.21. The lowest BCUT2D eigenvalue weighted by Crippen LogP contribution is -2.38. The molecule has 0 heterocycles. The molecule has 0 saturated carbocycles. The van der Waals surface area contributed by atoms with Crippen LogP contribution in [0, 0.1) is 0 Å². The van der Waals surface area contributed by atoms with Crippen LogP contribution < -0.4 is 0 Å². The van der Waals surface area contributed by atoms with Crippen molar-refractivity contribution in [3.8, 4) is 0 Å². The summed E-state index contributed by atoms with van der Waals surface area (Å²) in [7, 11) is 0. The molecule has 0 atom stereocenters. The zero-order valence-corrected chi connectivity index (χ0v) is 14.0. The summed E-state index contributed by atoms with van der Waals surface area (Å²) in [5.74, 6) is -1.01. The first-order valence-electron chi connectivity index (χ1n) is 6.73. The summed E-state index contributed by atoms with van der Waals surface area (Å²) >= 11 is 7.67. The summed E-state index contributed by atoms with van der Waals surface area (Å²) in [5, 5.41) is 9.12. The highest BCUT2D eigenvalue weighted by Crippen LogP contribution is 2.25. The molecule has 0 aliphatic heterocycles. The molecule has 0 radical (unpaired) electrons. The largest absolute Gasteiger partial charge is 0.481 e. The summed E-state index contributed by atoms with van der Waals surface area (Å²) in [6.07, 6.45) is 2.42. The summed E-state index contributed by atoms with van der Waals surface area (Å²) in [6, 6.07) is 5.35. The molecule has 0 aromatic heterocycles. The molecular weight excluding hydrogens is 310 g/mol. The van der Waals surface area contributed by atoms with Gasteiger partial charge >= 0.3 is 5.97 Å². The number of carboxylic acids is 1. The Hall–Kier alpha value is -1.20. The number of amides is 1. The van der Waals surface area contributed by atoms with E-state index in [0.29, 0.717) is 23.6 Å². The quantitative estimate of drug-likeness (QED) is 0.773. The molecule has 1 amide bonds. The van der Waals surface area contributed by atoms with Crippen molar-refractivity contribution in [3.63, 3.8) is 0 Å². The van der Waals surface area contributed by atoms with Crippen molar-refractivity contribution in [2.75, 3.05) is 12.8 Å². The van der Waals surface area contributed by atoms with E-state index in [1.807, 2.05) is 26.2 Å². The fourth-order valence-electron chi connectivity index (χ4n) is 1.94. The normalized spacial score (nSPS) is 10.7. The lowest BCUT2D eigenvalue weighted by atomic mass is 10.1. The molecule has 1 N–H and O–H groups in total. The van der Waals surface area contributed by atoms with E-state index in [4.69, 9.17) is 16.7 Å². The Bertz CT molecular complexity index is 520. The van der Waals surface area contributed by atoms with Gasteiger partial charge in [-0.2, -0.15) is 0 Å². The third kappa shape index (κ3) is 5.25. The molecule has 0 aliphatic carbocycles. The smallest absolute Gasteiger partial charge is 0.303 e. The van der Waals surface area contributed by atoms with Gasteiger partial charge in [-0.25, -0.2) is 0 Å². The zero-order chi connectivity index (χ0) is 16.0. The van der Waals surface area contributed by atoms with Crippen molar-refractivity contribution in [1.29, 1.82) is 0 Å². The molecule has 0 spiro atoms. The Morgan fingerprint density at radius 2 is 2.05 bits per heavy atom. The monoisotopic (exact) mass is 329 g/mol. The number of carbonyl (C=O) groups excluding carboxylic acids is 1. The van der Waals surface area contributed by atoms with Crippen LogP contribution in [0.4, 0.5) is 0 Å². The van der Waals surface area contributed by atoms with Crippen LogP contribution in [-0.2, 0) is 4.79 Å². The third-order valence-corrected chi connectivity index (χ3v) is 4.13. The van der Waals surface area contributed by atoms with Gasteiger partial charge in [-0.05, 0) is 44.7 Å². The van der Waals surface area contributed by atoms with E-state index in [2.05, 4.69) is 0 Å². The molecule has 0 fully saturated rings. The van der Waals surface area contributed by atoms with Crippen LogP contribution in [0.2, 0.25) is 5.02 Å². The van der Waals surface area contributed by atoms with E-state index in [0.717, 1.165) is 4.90 Å².